The van der Waals surface area contributed by atoms with Crippen molar-refractivity contribution in [2.45, 2.75) is 44.7 Å². The Kier molecular flexibility index (Phi) is 3.93. The van der Waals surface area contributed by atoms with Gasteiger partial charge in [-0.05, 0) is 38.0 Å². The van der Waals surface area contributed by atoms with Crippen LogP contribution in [0.15, 0.2) is 36.3 Å². The van der Waals surface area contributed by atoms with Crippen LogP contribution in [0.4, 0.5) is 8.78 Å². The van der Waals surface area contributed by atoms with Crippen LogP contribution in [0.2, 0.25) is 0 Å². The zero-order valence-electron chi connectivity index (χ0n) is 15.8. The fourth-order valence-corrected chi connectivity index (χ4v) is 4.26. The number of hydrazine groups is 2. The molecule has 148 valence electrons. The number of hydrogen-bond donors (Lipinski definition) is 2. The maximum absolute atomic E-state index is 14.8. The topological polar surface area (TPSA) is 81.8 Å². The summed E-state index contributed by atoms with van der Waals surface area (Å²) in [6.45, 7) is 2.22. The van der Waals surface area contributed by atoms with Crippen molar-refractivity contribution in [2.24, 2.45) is 0 Å². The minimum atomic E-state index is -2.81. The molecular weight excluding hydrogens is 376 g/mol. The molecule has 1 unspecified atom stereocenters. The molecule has 2 aliphatic rings. The summed E-state index contributed by atoms with van der Waals surface area (Å²) in [5.41, 5.74) is 9.16. The van der Waals surface area contributed by atoms with E-state index in [-0.39, 0.29) is 6.42 Å². The Morgan fingerprint density at radius 2 is 2.21 bits per heavy atom. The zero-order chi connectivity index (χ0) is 20.2. The number of nitrogens with one attached hydrogen (secondary N) is 2. The van der Waals surface area contributed by atoms with Gasteiger partial charge in [0.15, 0.2) is 0 Å². The molecule has 1 aromatic carbocycles. The SMILES string of the molecule is CC1=CN(Cc2nc3cnc4ccc(C#N)cc4c3n2C2CCCC2(F)F)NN1. The van der Waals surface area contributed by atoms with Crippen LogP contribution in [0, 0.1) is 11.3 Å². The predicted molar refractivity (Wildman–Crippen MR) is 103 cm³/mol. The number of benzene rings is 1. The minimum absolute atomic E-state index is 0.133. The van der Waals surface area contributed by atoms with Crippen LogP contribution in [0.1, 0.15) is 43.6 Å². The van der Waals surface area contributed by atoms with Crippen LogP contribution < -0.4 is 11.0 Å². The van der Waals surface area contributed by atoms with Gasteiger partial charge < -0.3 is 9.99 Å². The quantitative estimate of drug-likeness (QED) is 0.706. The molecule has 3 aromatic rings. The third-order valence-electron chi connectivity index (χ3n) is 5.56. The summed E-state index contributed by atoms with van der Waals surface area (Å²) >= 11 is 0. The smallest absolute Gasteiger partial charge is 0.268 e. The molecule has 0 saturated heterocycles. The van der Waals surface area contributed by atoms with Gasteiger partial charge in [0, 0.05) is 23.7 Å². The third-order valence-corrected chi connectivity index (χ3v) is 5.56. The van der Waals surface area contributed by atoms with Crippen molar-refractivity contribution >= 4 is 21.9 Å². The number of aromatic nitrogens is 3. The van der Waals surface area contributed by atoms with Crippen molar-refractivity contribution in [3.63, 3.8) is 0 Å². The van der Waals surface area contributed by atoms with Gasteiger partial charge in [0.25, 0.3) is 5.92 Å². The first-order chi connectivity index (χ1) is 14.0. The molecule has 0 amide bonds. The third kappa shape index (κ3) is 2.87. The first kappa shape index (κ1) is 17.8. The molecule has 1 aliphatic heterocycles. The second-order valence-electron chi connectivity index (χ2n) is 7.58. The lowest BCUT2D eigenvalue weighted by molar-refractivity contribution is -0.0306. The lowest BCUT2D eigenvalue weighted by Gasteiger charge is -2.25. The number of imidazole rings is 1. The first-order valence-electron chi connectivity index (χ1n) is 9.50. The molecule has 0 radical (unpaired) electrons. The highest BCUT2D eigenvalue weighted by Gasteiger charge is 2.46. The van der Waals surface area contributed by atoms with Gasteiger partial charge >= 0.3 is 0 Å². The summed E-state index contributed by atoms with van der Waals surface area (Å²) in [7, 11) is 0. The van der Waals surface area contributed by atoms with E-state index in [9.17, 15) is 14.0 Å². The van der Waals surface area contributed by atoms with Gasteiger partial charge in [-0.3, -0.25) is 9.99 Å². The van der Waals surface area contributed by atoms with Crippen molar-refractivity contribution in [3.05, 3.63) is 47.7 Å². The number of rotatable bonds is 3. The zero-order valence-corrected chi connectivity index (χ0v) is 15.8. The Labute approximate surface area is 165 Å². The van der Waals surface area contributed by atoms with Gasteiger partial charge in [-0.15, -0.1) is 5.53 Å². The van der Waals surface area contributed by atoms with Crippen LogP contribution in [0.25, 0.3) is 21.9 Å². The van der Waals surface area contributed by atoms with Crippen LogP contribution in [0.3, 0.4) is 0 Å². The number of allylic oxidation sites excluding steroid dienone is 1. The average Bonchev–Trinajstić information content (AvgIpc) is 3.37. The van der Waals surface area contributed by atoms with Crippen molar-refractivity contribution in [2.75, 3.05) is 0 Å². The Hall–Kier alpha value is -3.25. The maximum atomic E-state index is 14.8. The molecule has 2 N–H and O–H groups in total. The van der Waals surface area contributed by atoms with Crippen molar-refractivity contribution in [1.29, 1.82) is 5.26 Å². The van der Waals surface area contributed by atoms with Gasteiger partial charge in [0.2, 0.25) is 0 Å². The highest BCUT2D eigenvalue weighted by Crippen LogP contribution is 2.46. The maximum Gasteiger partial charge on any atom is 0.268 e. The number of alkyl halides is 2. The van der Waals surface area contributed by atoms with E-state index >= 15 is 0 Å². The second-order valence-corrected chi connectivity index (χ2v) is 7.58. The van der Waals surface area contributed by atoms with Crippen molar-refractivity contribution in [3.8, 4) is 6.07 Å². The Morgan fingerprint density at radius 3 is 2.90 bits per heavy atom. The van der Waals surface area contributed by atoms with Crippen molar-refractivity contribution < 1.29 is 8.78 Å². The molecule has 1 fully saturated rings. The average molecular weight is 395 g/mol. The highest BCUT2D eigenvalue weighted by molar-refractivity contribution is 6.02. The van der Waals surface area contributed by atoms with E-state index in [1.165, 1.54) is 0 Å². The highest BCUT2D eigenvalue weighted by atomic mass is 19.3. The monoisotopic (exact) mass is 395 g/mol. The van der Waals surface area contributed by atoms with Crippen molar-refractivity contribution in [1.82, 2.24) is 30.5 Å². The summed E-state index contributed by atoms with van der Waals surface area (Å²) < 4.78 is 31.3. The number of nitrogens with zero attached hydrogens (tertiary/aromatic N) is 5. The Morgan fingerprint density at radius 1 is 1.34 bits per heavy atom. The van der Waals surface area contributed by atoms with Crippen LogP contribution in [0.5, 0.6) is 0 Å². The summed E-state index contributed by atoms with van der Waals surface area (Å²) in [6.07, 6.45) is 4.19. The molecule has 5 rings (SSSR count). The molecule has 1 atom stereocenters. The molecular formula is C20H19F2N7. The number of nitriles is 1. The standard InChI is InChI=1S/C20H19F2N7/c1-12-10-28(27-26-12)11-18-25-16-9-24-15-5-4-13(8-23)7-14(15)19(16)29(18)17-3-2-6-20(17,21)22/h4-5,7,9-10,17,26-27H,2-3,6,11H2,1H3. The summed E-state index contributed by atoms with van der Waals surface area (Å²) in [6, 6.07) is 6.28. The van der Waals surface area contributed by atoms with Crippen LogP contribution in [-0.4, -0.2) is 25.5 Å². The number of hydrogen-bond acceptors (Lipinski definition) is 6. The van der Waals surface area contributed by atoms with E-state index in [1.54, 1.807) is 34.0 Å². The summed E-state index contributed by atoms with van der Waals surface area (Å²) in [5, 5.41) is 11.8. The fourth-order valence-electron chi connectivity index (χ4n) is 4.26. The number of halogens is 2. The van der Waals surface area contributed by atoms with Crippen LogP contribution >= 0.6 is 0 Å². The number of fused-ring (bicyclic) bond motifs is 3. The van der Waals surface area contributed by atoms with E-state index in [4.69, 9.17) is 0 Å². The van der Waals surface area contributed by atoms with Gasteiger partial charge in [0.1, 0.15) is 11.3 Å². The Bertz CT molecular complexity index is 1190. The van der Waals surface area contributed by atoms with E-state index < -0.39 is 12.0 Å². The molecule has 1 saturated carbocycles. The first-order valence-corrected chi connectivity index (χ1v) is 9.50. The number of pyridine rings is 1. The largest absolute Gasteiger partial charge is 0.317 e. The molecule has 1 aliphatic carbocycles. The van der Waals surface area contributed by atoms with Gasteiger partial charge in [-0.1, -0.05) is 0 Å². The molecule has 9 heteroatoms. The van der Waals surface area contributed by atoms with Gasteiger partial charge in [0.05, 0.1) is 41.4 Å². The second kappa shape index (κ2) is 6.39. The minimum Gasteiger partial charge on any atom is -0.317 e. The van der Waals surface area contributed by atoms with E-state index in [1.807, 2.05) is 13.1 Å². The normalized spacial score (nSPS) is 20.8. The Balaban J connectivity index is 1.76. The summed E-state index contributed by atoms with van der Waals surface area (Å²) in [5.74, 6) is -2.28. The van der Waals surface area contributed by atoms with Gasteiger partial charge in [-0.2, -0.15) is 5.26 Å². The van der Waals surface area contributed by atoms with E-state index in [0.717, 1.165) is 5.70 Å². The molecule has 2 aromatic heterocycles. The fraction of sp³-hybridized carbons (Fsp3) is 0.350. The molecule has 0 spiro atoms. The van der Waals surface area contributed by atoms with E-state index in [2.05, 4.69) is 27.0 Å². The molecule has 3 heterocycles. The van der Waals surface area contributed by atoms with Crippen LogP contribution in [-0.2, 0) is 6.54 Å². The molecule has 0 bridgehead atoms. The van der Waals surface area contributed by atoms with E-state index in [0.29, 0.717) is 52.7 Å². The van der Waals surface area contributed by atoms with Gasteiger partial charge in [-0.25, -0.2) is 13.8 Å². The summed E-state index contributed by atoms with van der Waals surface area (Å²) in [4.78, 5) is 9.08. The molecule has 29 heavy (non-hydrogen) atoms. The predicted octanol–water partition coefficient (Wildman–Crippen LogP) is 3.50. The lowest BCUT2D eigenvalue weighted by Crippen LogP contribution is -2.37. The lowest BCUT2D eigenvalue weighted by atomic mass is 10.1. The molecule has 7 nitrogen and oxygen atoms in total.